The van der Waals surface area contributed by atoms with Crippen LogP contribution in [0.3, 0.4) is 0 Å². The van der Waals surface area contributed by atoms with Gasteiger partial charge in [0.1, 0.15) is 5.78 Å². The summed E-state index contributed by atoms with van der Waals surface area (Å²) >= 11 is 0. The van der Waals surface area contributed by atoms with Crippen LogP contribution in [0.4, 0.5) is 0 Å². The lowest BCUT2D eigenvalue weighted by atomic mass is 9.95. The van der Waals surface area contributed by atoms with Crippen LogP contribution < -0.4 is 0 Å². The van der Waals surface area contributed by atoms with Crippen molar-refractivity contribution in [2.45, 2.75) is 33.1 Å². The Bertz CT molecular complexity index is 302. The Labute approximate surface area is 84.3 Å². The van der Waals surface area contributed by atoms with Gasteiger partial charge in [0.2, 0.25) is 0 Å². The van der Waals surface area contributed by atoms with Crippen LogP contribution in [-0.2, 0) is 18.3 Å². The number of rotatable bonds is 5. The van der Waals surface area contributed by atoms with E-state index in [0.29, 0.717) is 6.42 Å². The number of carbonyl (C=O) groups excluding carboxylic acids is 1. The molecule has 1 aromatic rings. The van der Waals surface area contributed by atoms with Crippen molar-refractivity contribution in [2.75, 3.05) is 0 Å². The fourth-order valence-electron chi connectivity index (χ4n) is 1.54. The topological polar surface area (TPSA) is 47.8 Å². The molecule has 14 heavy (non-hydrogen) atoms. The summed E-state index contributed by atoms with van der Waals surface area (Å²) in [7, 11) is 1.80. The number of hydrogen-bond donors (Lipinski definition) is 0. The Balaban J connectivity index is 2.56. The molecule has 1 heterocycles. The summed E-state index contributed by atoms with van der Waals surface area (Å²) in [5.74, 6) is 0.451. The fraction of sp³-hybridized carbons (Fsp3) is 0.700. The number of ketones is 1. The van der Waals surface area contributed by atoms with Crippen molar-refractivity contribution >= 4 is 5.78 Å². The average Bonchev–Trinajstić information content (AvgIpc) is 2.53. The molecule has 78 valence electrons. The molecule has 4 heteroatoms. The van der Waals surface area contributed by atoms with Gasteiger partial charge in [-0.25, -0.2) is 0 Å². The summed E-state index contributed by atoms with van der Waals surface area (Å²) < 4.78 is 1.62. The van der Waals surface area contributed by atoms with Gasteiger partial charge in [-0.3, -0.25) is 9.48 Å². The van der Waals surface area contributed by atoms with E-state index in [1.807, 2.05) is 13.8 Å². The highest BCUT2D eigenvalue weighted by atomic mass is 16.1. The van der Waals surface area contributed by atoms with Gasteiger partial charge in [-0.05, 0) is 12.8 Å². The Hall–Kier alpha value is -1.19. The zero-order chi connectivity index (χ0) is 10.6. The molecule has 0 bridgehead atoms. The van der Waals surface area contributed by atoms with E-state index in [1.54, 1.807) is 17.9 Å². The van der Waals surface area contributed by atoms with Crippen LogP contribution in [0, 0.1) is 5.92 Å². The standard InChI is InChI=1S/C10H17N3O/c1-4-8(5-2)10(14)6-9-7-13(3)12-11-9/h7-8H,4-6H2,1-3H3. The second-order valence-corrected chi connectivity index (χ2v) is 3.54. The number of Topliss-reactive ketones (excluding diaryl/α,β-unsaturated/α-hetero) is 1. The van der Waals surface area contributed by atoms with Crippen LogP contribution in [-0.4, -0.2) is 20.8 Å². The summed E-state index contributed by atoms with van der Waals surface area (Å²) in [6.07, 6.45) is 4.03. The second kappa shape index (κ2) is 4.88. The molecule has 0 atom stereocenters. The minimum absolute atomic E-state index is 0.178. The monoisotopic (exact) mass is 195 g/mol. The lowest BCUT2D eigenvalue weighted by molar-refractivity contribution is -0.122. The predicted octanol–water partition coefficient (Wildman–Crippen LogP) is 1.36. The summed E-state index contributed by atoms with van der Waals surface area (Å²) in [4.78, 5) is 11.7. The van der Waals surface area contributed by atoms with Crippen molar-refractivity contribution in [3.8, 4) is 0 Å². The molecule has 0 aromatic carbocycles. The van der Waals surface area contributed by atoms with Crippen LogP contribution in [0.2, 0.25) is 0 Å². The van der Waals surface area contributed by atoms with Crippen molar-refractivity contribution in [3.05, 3.63) is 11.9 Å². The van der Waals surface area contributed by atoms with E-state index in [2.05, 4.69) is 10.3 Å². The van der Waals surface area contributed by atoms with Crippen LogP contribution in [0.5, 0.6) is 0 Å². The molecule has 0 aliphatic heterocycles. The molecular formula is C10H17N3O. The third-order valence-corrected chi connectivity index (χ3v) is 2.45. The molecule has 0 N–H and O–H groups in total. The van der Waals surface area contributed by atoms with Gasteiger partial charge in [0.15, 0.2) is 0 Å². The van der Waals surface area contributed by atoms with Gasteiger partial charge < -0.3 is 0 Å². The van der Waals surface area contributed by atoms with E-state index in [0.717, 1.165) is 18.5 Å². The first-order valence-corrected chi connectivity index (χ1v) is 5.05. The highest BCUT2D eigenvalue weighted by Crippen LogP contribution is 2.11. The van der Waals surface area contributed by atoms with Crippen molar-refractivity contribution in [2.24, 2.45) is 13.0 Å². The third-order valence-electron chi connectivity index (χ3n) is 2.45. The largest absolute Gasteiger partial charge is 0.299 e. The first kappa shape index (κ1) is 10.9. The summed E-state index contributed by atoms with van der Waals surface area (Å²) in [5.41, 5.74) is 0.768. The number of carbonyl (C=O) groups is 1. The van der Waals surface area contributed by atoms with E-state index >= 15 is 0 Å². The molecule has 0 saturated heterocycles. The van der Waals surface area contributed by atoms with Gasteiger partial charge in [-0.2, -0.15) is 0 Å². The third kappa shape index (κ3) is 2.65. The van der Waals surface area contributed by atoms with Crippen molar-refractivity contribution in [1.82, 2.24) is 15.0 Å². The van der Waals surface area contributed by atoms with Crippen molar-refractivity contribution in [3.63, 3.8) is 0 Å². The number of nitrogens with zero attached hydrogens (tertiary/aromatic N) is 3. The molecule has 0 radical (unpaired) electrons. The Morgan fingerprint density at radius 2 is 2.14 bits per heavy atom. The number of aromatic nitrogens is 3. The van der Waals surface area contributed by atoms with Gasteiger partial charge in [0.25, 0.3) is 0 Å². The molecule has 4 nitrogen and oxygen atoms in total. The molecular weight excluding hydrogens is 178 g/mol. The normalized spacial score (nSPS) is 10.9. The first-order chi connectivity index (χ1) is 6.67. The minimum atomic E-state index is 0.178. The maximum absolute atomic E-state index is 11.7. The smallest absolute Gasteiger partial charge is 0.142 e. The molecule has 0 saturated carbocycles. The maximum atomic E-state index is 11.7. The lowest BCUT2D eigenvalue weighted by Gasteiger charge is -2.08. The number of aryl methyl sites for hydroxylation is 1. The highest BCUT2D eigenvalue weighted by molar-refractivity contribution is 5.82. The zero-order valence-electron chi connectivity index (χ0n) is 9.03. The molecule has 0 fully saturated rings. The summed E-state index contributed by atoms with van der Waals surface area (Å²) in [6, 6.07) is 0. The first-order valence-electron chi connectivity index (χ1n) is 5.05. The predicted molar refractivity (Wildman–Crippen MR) is 53.8 cm³/mol. The summed E-state index contributed by atoms with van der Waals surface area (Å²) in [5, 5.41) is 7.69. The fourth-order valence-corrected chi connectivity index (χ4v) is 1.54. The van der Waals surface area contributed by atoms with E-state index < -0.39 is 0 Å². The van der Waals surface area contributed by atoms with E-state index in [4.69, 9.17) is 0 Å². The van der Waals surface area contributed by atoms with Gasteiger partial charge in [-0.1, -0.05) is 19.1 Å². The van der Waals surface area contributed by atoms with E-state index in [1.165, 1.54) is 0 Å². The van der Waals surface area contributed by atoms with Gasteiger partial charge in [-0.15, -0.1) is 5.10 Å². The van der Waals surface area contributed by atoms with E-state index in [-0.39, 0.29) is 11.7 Å². The molecule has 0 amide bonds. The molecule has 0 unspecified atom stereocenters. The lowest BCUT2D eigenvalue weighted by Crippen LogP contribution is -2.15. The SMILES string of the molecule is CCC(CC)C(=O)Cc1cn(C)nn1. The van der Waals surface area contributed by atoms with Crippen LogP contribution in [0.25, 0.3) is 0 Å². The van der Waals surface area contributed by atoms with Crippen LogP contribution in [0.15, 0.2) is 6.20 Å². The van der Waals surface area contributed by atoms with Crippen LogP contribution in [0.1, 0.15) is 32.4 Å². The number of hydrogen-bond acceptors (Lipinski definition) is 3. The van der Waals surface area contributed by atoms with Crippen molar-refractivity contribution in [1.29, 1.82) is 0 Å². The van der Waals surface area contributed by atoms with Gasteiger partial charge in [0.05, 0.1) is 12.1 Å². The molecule has 1 rings (SSSR count). The van der Waals surface area contributed by atoms with Crippen molar-refractivity contribution < 1.29 is 4.79 Å². The second-order valence-electron chi connectivity index (χ2n) is 3.54. The van der Waals surface area contributed by atoms with Gasteiger partial charge >= 0.3 is 0 Å². The summed E-state index contributed by atoms with van der Waals surface area (Å²) in [6.45, 7) is 4.09. The van der Waals surface area contributed by atoms with Gasteiger partial charge in [0, 0.05) is 19.2 Å². The Morgan fingerprint density at radius 3 is 2.57 bits per heavy atom. The average molecular weight is 195 g/mol. The molecule has 0 aliphatic rings. The highest BCUT2D eigenvalue weighted by Gasteiger charge is 2.15. The molecule has 0 aliphatic carbocycles. The maximum Gasteiger partial charge on any atom is 0.142 e. The van der Waals surface area contributed by atoms with Crippen LogP contribution >= 0.6 is 0 Å². The van der Waals surface area contributed by atoms with E-state index in [9.17, 15) is 4.79 Å². The molecule has 1 aromatic heterocycles. The quantitative estimate of drug-likeness (QED) is 0.712. The molecule has 0 spiro atoms. The Kier molecular flexibility index (Phi) is 3.80. The zero-order valence-corrected chi connectivity index (χ0v) is 9.03. The minimum Gasteiger partial charge on any atom is -0.299 e. The Morgan fingerprint density at radius 1 is 1.50 bits per heavy atom.